The number of hydrogen-bond acceptors (Lipinski definition) is 3. The molecule has 2 amide bonds. The number of sulfonamides is 1. The van der Waals surface area contributed by atoms with Crippen molar-refractivity contribution in [2.75, 3.05) is 19.6 Å². The molecule has 4 bridgehead atoms. The molecule has 1 aromatic rings. The predicted molar refractivity (Wildman–Crippen MR) is 120 cm³/mol. The monoisotopic (exact) mass is 445 g/mol. The summed E-state index contributed by atoms with van der Waals surface area (Å²) in [4.78, 5) is 13.2. The van der Waals surface area contributed by atoms with Gasteiger partial charge < -0.3 is 10.6 Å². The predicted octanol–water partition coefficient (Wildman–Crippen LogP) is 3.66. The van der Waals surface area contributed by atoms with Crippen LogP contribution in [0.2, 0.25) is 0 Å². The molecule has 31 heavy (non-hydrogen) atoms. The molecule has 6 nitrogen and oxygen atoms in total. The minimum absolute atomic E-state index is 0.00556. The van der Waals surface area contributed by atoms with Crippen LogP contribution in [0.25, 0.3) is 0 Å². The molecule has 1 aromatic carbocycles. The topological polar surface area (TPSA) is 78.5 Å². The fourth-order valence-electron chi connectivity index (χ4n) is 7.18. The Kier molecular flexibility index (Phi) is 5.53. The molecule has 0 aromatic heterocycles. The lowest BCUT2D eigenvalue weighted by Gasteiger charge is -2.56. The number of rotatable bonds is 5. The summed E-state index contributed by atoms with van der Waals surface area (Å²) < 4.78 is 27.9. The van der Waals surface area contributed by atoms with Gasteiger partial charge in [0.2, 0.25) is 10.0 Å². The summed E-state index contributed by atoms with van der Waals surface area (Å²) in [6.07, 6.45) is 9.25. The van der Waals surface area contributed by atoms with Crippen molar-refractivity contribution in [3.05, 3.63) is 29.8 Å². The Hall–Kier alpha value is -1.60. The third-order valence-electron chi connectivity index (χ3n) is 8.16. The number of benzene rings is 1. The van der Waals surface area contributed by atoms with Gasteiger partial charge in [0.05, 0.1) is 4.90 Å². The number of hydrogen-bond donors (Lipinski definition) is 2. The first-order chi connectivity index (χ1) is 14.8. The van der Waals surface area contributed by atoms with Crippen molar-refractivity contribution >= 4 is 16.1 Å². The van der Waals surface area contributed by atoms with Crippen molar-refractivity contribution in [3.63, 3.8) is 0 Å². The van der Waals surface area contributed by atoms with E-state index in [-0.39, 0.29) is 17.5 Å². The summed E-state index contributed by atoms with van der Waals surface area (Å²) in [5, 5.41) is 6.44. The fourth-order valence-corrected chi connectivity index (χ4v) is 8.96. The smallest absolute Gasteiger partial charge is 0.315 e. The Bertz CT molecular complexity index is 910. The van der Waals surface area contributed by atoms with Crippen molar-refractivity contribution in [2.45, 2.75) is 68.7 Å². The average Bonchev–Trinajstić information content (AvgIpc) is 2.71. The zero-order valence-corrected chi connectivity index (χ0v) is 19.3. The summed E-state index contributed by atoms with van der Waals surface area (Å²) in [5.41, 5.74) is 0.781. The first kappa shape index (κ1) is 21.3. The number of aryl methyl sites for hydroxylation is 1. The second-order valence-electron chi connectivity index (χ2n) is 10.7. The minimum Gasteiger partial charge on any atom is -0.338 e. The first-order valence-corrected chi connectivity index (χ1v) is 13.4. The van der Waals surface area contributed by atoms with Crippen LogP contribution in [0.5, 0.6) is 0 Å². The Morgan fingerprint density at radius 2 is 1.74 bits per heavy atom. The molecule has 0 radical (unpaired) electrons. The first-order valence-electron chi connectivity index (χ1n) is 11.9. The molecule has 5 aliphatic rings. The van der Waals surface area contributed by atoms with E-state index in [4.69, 9.17) is 0 Å². The van der Waals surface area contributed by atoms with Gasteiger partial charge >= 0.3 is 6.03 Å². The molecule has 5 fully saturated rings. The molecule has 1 heterocycles. The zero-order valence-electron chi connectivity index (χ0n) is 18.5. The maximum Gasteiger partial charge on any atom is 0.315 e. The van der Waals surface area contributed by atoms with Gasteiger partial charge in [-0.05, 0) is 93.6 Å². The molecular formula is C24H35N3O3S. The highest BCUT2D eigenvalue weighted by atomic mass is 32.2. The number of amides is 2. The number of carbonyl (C=O) groups is 1. The van der Waals surface area contributed by atoms with Crippen molar-refractivity contribution in [3.8, 4) is 0 Å². The Morgan fingerprint density at radius 3 is 2.39 bits per heavy atom. The third-order valence-corrected chi connectivity index (χ3v) is 10.2. The van der Waals surface area contributed by atoms with Crippen molar-refractivity contribution in [2.24, 2.45) is 23.7 Å². The van der Waals surface area contributed by atoms with Crippen LogP contribution in [0.4, 0.5) is 4.79 Å². The number of piperidine rings is 1. The van der Waals surface area contributed by atoms with E-state index in [1.165, 1.54) is 19.3 Å². The van der Waals surface area contributed by atoms with Gasteiger partial charge in [0.1, 0.15) is 0 Å². The quantitative estimate of drug-likeness (QED) is 0.726. The molecule has 170 valence electrons. The number of urea groups is 1. The van der Waals surface area contributed by atoms with Crippen LogP contribution in [-0.4, -0.2) is 43.9 Å². The maximum atomic E-state index is 13.1. The van der Waals surface area contributed by atoms with Crippen LogP contribution in [0.1, 0.15) is 56.9 Å². The molecule has 1 unspecified atom stereocenters. The summed E-state index contributed by atoms with van der Waals surface area (Å²) in [6, 6.07) is 7.09. The van der Waals surface area contributed by atoms with E-state index < -0.39 is 10.0 Å². The van der Waals surface area contributed by atoms with Crippen molar-refractivity contribution < 1.29 is 13.2 Å². The van der Waals surface area contributed by atoms with Crippen LogP contribution < -0.4 is 10.6 Å². The summed E-state index contributed by atoms with van der Waals surface area (Å²) in [5.74, 6) is 2.54. The molecular weight excluding hydrogens is 410 g/mol. The molecule has 4 aliphatic carbocycles. The van der Waals surface area contributed by atoms with Gasteiger partial charge in [0.15, 0.2) is 0 Å². The minimum atomic E-state index is -3.50. The molecule has 2 N–H and O–H groups in total. The highest BCUT2D eigenvalue weighted by molar-refractivity contribution is 7.89. The molecule has 6 rings (SSSR count). The molecule has 1 atom stereocenters. The average molecular weight is 446 g/mol. The molecule has 1 aliphatic heterocycles. The van der Waals surface area contributed by atoms with E-state index in [1.807, 2.05) is 19.1 Å². The normalized spacial score (nSPS) is 35.1. The van der Waals surface area contributed by atoms with Crippen LogP contribution in [0, 0.1) is 30.6 Å². The van der Waals surface area contributed by atoms with E-state index in [9.17, 15) is 13.2 Å². The van der Waals surface area contributed by atoms with Crippen molar-refractivity contribution in [1.82, 2.24) is 14.9 Å². The second-order valence-corrected chi connectivity index (χ2v) is 12.6. The Balaban J connectivity index is 1.17. The van der Waals surface area contributed by atoms with E-state index in [0.29, 0.717) is 24.5 Å². The van der Waals surface area contributed by atoms with Gasteiger partial charge in [0.25, 0.3) is 0 Å². The number of nitrogens with zero attached hydrogens (tertiary/aromatic N) is 1. The van der Waals surface area contributed by atoms with Gasteiger partial charge in [-0.1, -0.05) is 18.2 Å². The summed E-state index contributed by atoms with van der Waals surface area (Å²) in [7, 11) is -3.50. The van der Waals surface area contributed by atoms with Gasteiger partial charge in [0, 0.05) is 25.2 Å². The molecule has 0 spiro atoms. The van der Waals surface area contributed by atoms with Crippen LogP contribution in [-0.2, 0) is 10.0 Å². The SMILES string of the molecule is Cc1ccccc1S(=O)(=O)N1CCCC(CNC(=O)NC23CC4CC(CC(C4)C2)C3)C1. The lowest BCUT2D eigenvalue weighted by molar-refractivity contribution is -0.0135. The van der Waals surface area contributed by atoms with Crippen LogP contribution in [0.3, 0.4) is 0 Å². The highest BCUT2D eigenvalue weighted by Crippen LogP contribution is 2.55. The molecule has 4 saturated carbocycles. The van der Waals surface area contributed by atoms with Crippen LogP contribution in [0.15, 0.2) is 29.2 Å². The van der Waals surface area contributed by atoms with Gasteiger partial charge in [-0.25, -0.2) is 13.2 Å². The standard InChI is InChI=1S/C24H35N3O3S/c1-17-5-2-3-7-22(17)31(29,30)27-8-4-6-18(16-27)15-25-23(28)26-24-12-19-9-20(13-24)11-21(10-19)14-24/h2-3,5,7,18-21H,4,6,8-16H2,1H3,(H2,25,26,28). The van der Waals surface area contributed by atoms with Gasteiger partial charge in [-0.15, -0.1) is 0 Å². The highest BCUT2D eigenvalue weighted by Gasteiger charge is 2.51. The summed E-state index contributed by atoms with van der Waals surface area (Å²) in [6.45, 7) is 3.38. The maximum absolute atomic E-state index is 13.1. The molecule has 1 saturated heterocycles. The van der Waals surface area contributed by atoms with Gasteiger partial charge in [-0.3, -0.25) is 0 Å². The Labute approximate surface area is 186 Å². The Morgan fingerprint density at radius 1 is 1.10 bits per heavy atom. The van der Waals surface area contributed by atoms with E-state index in [0.717, 1.165) is 55.4 Å². The third kappa shape index (κ3) is 4.23. The van der Waals surface area contributed by atoms with Gasteiger partial charge in [-0.2, -0.15) is 4.31 Å². The number of carbonyl (C=O) groups excluding carboxylic acids is 1. The van der Waals surface area contributed by atoms with Crippen LogP contribution >= 0.6 is 0 Å². The second kappa shape index (κ2) is 8.07. The van der Waals surface area contributed by atoms with E-state index >= 15 is 0 Å². The van der Waals surface area contributed by atoms with E-state index in [2.05, 4.69) is 10.6 Å². The van der Waals surface area contributed by atoms with E-state index in [1.54, 1.807) is 16.4 Å². The lowest BCUT2D eigenvalue weighted by Crippen LogP contribution is -2.61. The summed E-state index contributed by atoms with van der Waals surface area (Å²) >= 11 is 0. The molecule has 7 heteroatoms. The van der Waals surface area contributed by atoms with Crippen molar-refractivity contribution in [1.29, 1.82) is 0 Å². The zero-order chi connectivity index (χ0) is 21.6. The lowest BCUT2D eigenvalue weighted by atomic mass is 9.53. The largest absolute Gasteiger partial charge is 0.338 e. The fraction of sp³-hybridized carbons (Fsp3) is 0.708. The number of nitrogens with one attached hydrogen (secondary N) is 2.